The molecule has 2 heterocycles. The van der Waals surface area contributed by atoms with Crippen molar-refractivity contribution in [1.29, 1.82) is 0 Å². The Morgan fingerprint density at radius 1 is 1.14 bits per heavy atom. The number of rotatable bonds is 6. The smallest absolute Gasteiger partial charge is 0.332 e. The molecule has 0 radical (unpaired) electrons. The minimum absolute atomic E-state index is 0.304. The highest BCUT2D eigenvalue weighted by Crippen LogP contribution is 2.15. The molecule has 0 aliphatic rings. The first-order chi connectivity index (χ1) is 10.1. The Hall–Kier alpha value is -2.09. The molecule has 8 heteroatoms. The second kappa shape index (κ2) is 6.13. The van der Waals surface area contributed by atoms with Crippen molar-refractivity contribution >= 4 is 17.1 Å². The van der Waals surface area contributed by atoms with Crippen molar-refractivity contribution in [2.45, 2.75) is 33.5 Å². The summed E-state index contributed by atoms with van der Waals surface area (Å²) in [5, 5.41) is 2.96. The van der Waals surface area contributed by atoms with Crippen molar-refractivity contribution in [2.75, 3.05) is 26.1 Å². The van der Waals surface area contributed by atoms with Crippen LogP contribution in [-0.4, -0.2) is 39.4 Å². The maximum atomic E-state index is 12.5. The van der Waals surface area contributed by atoms with Crippen LogP contribution in [0.4, 0.5) is 5.95 Å². The largest absolute Gasteiger partial charge is 0.383 e. The van der Waals surface area contributed by atoms with Crippen LogP contribution in [0.25, 0.3) is 11.2 Å². The molecule has 0 spiro atoms. The topological polar surface area (TPSA) is 83.1 Å². The Balaban J connectivity index is 2.91. The first kappa shape index (κ1) is 15.3. The number of aromatic nitrogens is 4. The van der Waals surface area contributed by atoms with Crippen molar-refractivity contribution in [3.05, 3.63) is 20.8 Å². The van der Waals surface area contributed by atoms with E-state index in [0.717, 1.165) is 0 Å². The third-order valence-electron chi connectivity index (χ3n) is 3.49. The van der Waals surface area contributed by atoms with E-state index in [2.05, 4.69) is 10.3 Å². The molecular formula is C13H21N5O3. The van der Waals surface area contributed by atoms with E-state index in [1.807, 2.05) is 6.92 Å². The summed E-state index contributed by atoms with van der Waals surface area (Å²) < 4.78 is 9.55. The zero-order valence-corrected chi connectivity index (χ0v) is 12.8. The summed E-state index contributed by atoms with van der Waals surface area (Å²) in [6.45, 7) is 5.36. The van der Waals surface area contributed by atoms with Crippen molar-refractivity contribution in [2.24, 2.45) is 0 Å². The minimum Gasteiger partial charge on any atom is -0.383 e. The van der Waals surface area contributed by atoms with Crippen LogP contribution in [0.3, 0.4) is 0 Å². The standard InChI is InChI=1S/C13H21N5O3/c1-5-16-9-10(15-12(16)14-3)18(7-8-21-4)13(20)17(6-2)11(9)19/h5-8H2,1-4H3,(H,14,15). The lowest BCUT2D eigenvalue weighted by Crippen LogP contribution is -2.40. The van der Waals surface area contributed by atoms with Crippen LogP contribution in [-0.2, 0) is 24.4 Å². The van der Waals surface area contributed by atoms with Crippen molar-refractivity contribution in [3.63, 3.8) is 0 Å². The average molecular weight is 295 g/mol. The Labute approximate surface area is 122 Å². The molecule has 2 aromatic heterocycles. The van der Waals surface area contributed by atoms with E-state index >= 15 is 0 Å². The lowest BCUT2D eigenvalue weighted by atomic mass is 10.4. The first-order valence-corrected chi connectivity index (χ1v) is 7.01. The SMILES string of the molecule is CCn1c(=O)c2c(nc(NC)n2CC)n(CCOC)c1=O. The van der Waals surface area contributed by atoms with Crippen LogP contribution in [0.5, 0.6) is 0 Å². The molecule has 0 saturated heterocycles. The van der Waals surface area contributed by atoms with Gasteiger partial charge in [0.15, 0.2) is 11.2 Å². The van der Waals surface area contributed by atoms with Crippen LogP contribution in [0, 0.1) is 0 Å². The fourth-order valence-electron chi connectivity index (χ4n) is 2.45. The number of nitrogens with one attached hydrogen (secondary N) is 1. The van der Waals surface area contributed by atoms with Gasteiger partial charge in [-0.2, -0.15) is 4.98 Å². The molecule has 2 aromatic rings. The second-order valence-electron chi connectivity index (χ2n) is 4.58. The molecule has 0 bridgehead atoms. The number of ether oxygens (including phenoxy) is 1. The summed E-state index contributed by atoms with van der Waals surface area (Å²) in [5.74, 6) is 0.573. The highest BCUT2D eigenvalue weighted by atomic mass is 16.5. The predicted octanol–water partition coefficient (Wildman–Crippen LogP) is 0.0876. The highest BCUT2D eigenvalue weighted by Gasteiger charge is 2.19. The van der Waals surface area contributed by atoms with Crippen molar-refractivity contribution in [3.8, 4) is 0 Å². The number of aryl methyl sites for hydroxylation is 1. The summed E-state index contributed by atoms with van der Waals surface area (Å²) in [6, 6.07) is 0. The van der Waals surface area contributed by atoms with Gasteiger partial charge in [-0.05, 0) is 13.8 Å². The van der Waals surface area contributed by atoms with Crippen LogP contribution in [0.1, 0.15) is 13.8 Å². The van der Waals surface area contributed by atoms with Crippen LogP contribution < -0.4 is 16.6 Å². The Kier molecular flexibility index (Phi) is 4.46. The van der Waals surface area contributed by atoms with E-state index < -0.39 is 0 Å². The van der Waals surface area contributed by atoms with Gasteiger partial charge in [0, 0.05) is 27.2 Å². The predicted molar refractivity (Wildman–Crippen MR) is 81.0 cm³/mol. The first-order valence-electron chi connectivity index (χ1n) is 7.01. The number of fused-ring (bicyclic) bond motifs is 1. The summed E-state index contributed by atoms with van der Waals surface area (Å²) in [4.78, 5) is 29.4. The van der Waals surface area contributed by atoms with Crippen molar-refractivity contribution in [1.82, 2.24) is 18.7 Å². The minimum atomic E-state index is -0.351. The molecule has 2 rings (SSSR count). The van der Waals surface area contributed by atoms with E-state index in [-0.39, 0.29) is 11.2 Å². The Morgan fingerprint density at radius 2 is 1.81 bits per heavy atom. The lowest BCUT2D eigenvalue weighted by molar-refractivity contribution is 0.186. The number of methoxy groups -OCH3 is 1. The van der Waals surface area contributed by atoms with Crippen LogP contribution in [0.15, 0.2) is 9.59 Å². The average Bonchev–Trinajstić information content (AvgIpc) is 2.86. The van der Waals surface area contributed by atoms with Gasteiger partial charge in [-0.15, -0.1) is 0 Å². The number of hydrogen-bond donors (Lipinski definition) is 1. The van der Waals surface area contributed by atoms with Gasteiger partial charge in [-0.3, -0.25) is 13.9 Å². The molecule has 0 atom stereocenters. The van der Waals surface area contributed by atoms with Gasteiger partial charge in [0.2, 0.25) is 5.95 Å². The van der Waals surface area contributed by atoms with Gasteiger partial charge < -0.3 is 14.6 Å². The molecule has 0 aliphatic heterocycles. The quantitative estimate of drug-likeness (QED) is 0.816. The number of nitrogens with zero attached hydrogens (tertiary/aromatic N) is 4. The van der Waals surface area contributed by atoms with Gasteiger partial charge in [0.1, 0.15) is 0 Å². The maximum absolute atomic E-state index is 12.5. The maximum Gasteiger partial charge on any atom is 0.332 e. The molecule has 0 aliphatic carbocycles. The molecular weight excluding hydrogens is 274 g/mol. The second-order valence-corrected chi connectivity index (χ2v) is 4.58. The lowest BCUT2D eigenvalue weighted by Gasteiger charge is -2.10. The molecule has 0 aromatic carbocycles. The van der Waals surface area contributed by atoms with Crippen LogP contribution >= 0.6 is 0 Å². The highest BCUT2D eigenvalue weighted by molar-refractivity contribution is 5.74. The van der Waals surface area contributed by atoms with Crippen molar-refractivity contribution < 1.29 is 4.74 Å². The number of hydrogen-bond acceptors (Lipinski definition) is 5. The number of imidazole rings is 1. The van der Waals surface area contributed by atoms with E-state index in [4.69, 9.17) is 4.74 Å². The molecule has 1 N–H and O–H groups in total. The van der Waals surface area contributed by atoms with Gasteiger partial charge in [-0.25, -0.2) is 4.79 Å². The zero-order valence-electron chi connectivity index (χ0n) is 12.8. The number of anilines is 1. The van der Waals surface area contributed by atoms with Crippen LogP contribution in [0.2, 0.25) is 0 Å². The molecule has 21 heavy (non-hydrogen) atoms. The van der Waals surface area contributed by atoms with E-state index in [1.165, 1.54) is 9.13 Å². The third kappa shape index (κ3) is 2.35. The van der Waals surface area contributed by atoms with Gasteiger partial charge in [0.05, 0.1) is 13.2 Å². The van der Waals surface area contributed by atoms with E-state index in [9.17, 15) is 9.59 Å². The monoisotopic (exact) mass is 295 g/mol. The van der Waals surface area contributed by atoms with Gasteiger partial charge >= 0.3 is 5.69 Å². The fraction of sp³-hybridized carbons (Fsp3) is 0.615. The van der Waals surface area contributed by atoms with E-state index in [1.54, 1.807) is 25.6 Å². The summed E-state index contributed by atoms with van der Waals surface area (Å²) in [5.41, 5.74) is 0.190. The third-order valence-corrected chi connectivity index (χ3v) is 3.49. The molecule has 0 saturated carbocycles. The molecule has 0 fully saturated rings. The normalized spacial score (nSPS) is 11.2. The fourth-order valence-corrected chi connectivity index (χ4v) is 2.45. The molecule has 116 valence electrons. The van der Waals surface area contributed by atoms with E-state index in [0.29, 0.717) is 43.4 Å². The summed E-state index contributed by atoms with van der Waals surface area (Å²) >= 11 is 0. The summed E-state index contributed by atoms with van der Waals surface area (Å²) in [7, 11) is 3.31. The Morgan fingerprint density at radius 3 is 2.33 bits per heavy atom. The summed E-state index contributed by atoms with van der Waals surface area (Å²) in [6.07, 6.45) is 0. The van der Waals surface area contributed by atoms with Gasteiger partial charge in [0.25, 0.3) is 5.56 Å². The zero-order chi connectivity index (χ0) is 15.6. The molecule has 0 amide bonds. The molecule has 8 nitrogen and oxygen atoms in total. The molecule has 0 unspecified atom stereocenters. The Bertz CT molecular complexity index is 756. The van der Waals surface area contributed by atoms with Gasteiger partial charge in [-0.1, -0.05) is 0 Å².